The molecule has 0 aliphatic carbocycles. The van der Waals surface area contributed by atoms with Crippen LogP contribution in [0.2, 0.25) is 0 Å². The van der Waals surface area contributed by atoms with E-state index < -0.39 is 0 Å². The maximum absolute atomic E-state index is 2.66. The number of hydrogen-bond donors (Lipinski definition) is 0. The van der Waals surface area contributed by atoms with E-state index >= 15 is 0 Å². The SMILES string of the molecule is CC(C)(C)c1cc(-c2ccc3c(c2)c2ccccc2n3-c2ccccc2)c2c(c1)c1c3ccccc3cc3c4c5c6cc(C(C)(C)C)cc7c8c9ccccc9ccc8n(c5ccc4n2c31)c76. The second-order valence-corrected chi connectivity index (χ2v) is 21.3. The van der Waals surface area contributed by atoms with Crippen LogP contribution in [0.3, 0.4) is 0 Å². The molecule has 0 spiro atoms. The number of para-hydroxylation sites is 2. The third-order valence-corrected chi connectivity index (χ3v) is 15.5. The van der Waals surface area contributed by atoms with Gasteiger partial charge < -0.3 is 13.4 Å². The minimum Gasteiger partial charge on any atom is -0.309 e. The molecule has 5 aromatic heterocycles. The van der Waals surface area contributed by atoms with Crippen LogP contribution in [0, 0.1) is 0 Å². The molecule has 0 amide bonds. The van der Waals surface area contributed by atoms with Crippen LogP contribution in [-0.2, 0) is 10.8 Å². The van der Waals surface area contributed by atoms with Crippen LogP contribution in [0.1, 0.15) is 52.7 Å². The average molecular weight is 858 g/mol. The van der Waals surface area contributed by atoms with Gasteiger partial charge in [0.25, 0.3) is 0 Å². The topological polar surface area (TPSA) is 13.8 Å². The van der Waals surface area contributed by atoms with Crippen molar-refractivity contribution >= 4 is 120 Å². The number of benzene rings is 10. The summed E-state index contributed by atoms with van der Waals surface area (Å²) in [5, 5.41) is 18.4. The molecule has 0 radical (unpaired) electrons. The van der Waals surface area contributed by atoms with Crippen molar-refractivity contribution in [3.05, 3.63) is 187 Å². The summed E-state index contributed by atoms with van der Waals surface area (Å²) >= 11 is 0. The summed E-state index contributed by atoms with van der Waals surface area (Å²) in [6.45, 7) is 14.2. The highest BCUT2D eigenvalue weighted by Gasteiger charge is 2.30. The third-order valence-electron chi connectivity index (χ3n) is 15.5. The van der Waals surface area contributed by atoms with Gasteiger partial charge in [0.15, 0.2) is 0 Å². The van der Waals surface area contributed by atoms with Gasteiger partial charge in [0.1, 0.15) is 0 Å². The molecule has 0 saturated heterocycles. The summed E-state index contributed by atoms with van der Waals surface area (Å²) in [7, 11) is 0. The molecule has 0 fully saturated rings. The molecule has 15 aromatic rings. The van der Waals surface area contributed by atoms with Crippen LogP contribution < -0.4 is 0 Å². The molecule has 318 valence electrons. The molecule has 5 heterocycles. The summed E-state index contributed by atoms with van der Waals surface area (Å²) in [5.41, 5.74) is 16.4. The maximum atomic E-state index is 2.66. The Bertz CT molecular complexity index is 4620. The predicted molar refractivity (Wildman–Crippen MR) is 288 cm³/mol. The van der Waals surface area contributed by atoms with Crippen LogP contribution >= 0.6 is 0 Å². The minimum absolute atomic E-state index is 0.0454. The molecule has 10 aromatic carbocycles. The van der Waals surface area contributed by atoms with Gasteiger partial charge in [-0.3, -0.25) is 0 Å². The lowest BCUT2D eigenvalue weighted by atomic mass is 9.83. The van der Waals surface area contributed by atoms with Gasteiger partial charge in [-0.15, -0.1) is 0 Å². The third kappa shape index (κ3) is 4.76. The van der Waals surface area contributed by atoms with E-state index in [0.29, 0.717) is 0 Å². The monoisotopic (exact) mass is 857 g/mol. The Labute approximate surface area is 387 Å². The first kappa shape index (κ1) is 37.4. The van der Waals surface area contributed by atoms with Gasteiger partial charge in [-0.25, -0.2) is 0 Å². The van der Waals surface area contributed by atoms with E-state index in [1.54, 1.807) is 0 Å². The largest absolute Gasteiger partial charge is 0.309 e. The lowest BCUT2D eigenvalue weighted by molar-refractivity contribution is 0.591. The van der Waals surface area contributed by atoms with E-state index in [4.69, 9.17) is 0 Å². The van der Waals surface area contributed by atoms with E-state index in [9.17, 15) is 0 Å². The smallest absolute Gasteiger partial charge is 0.0627 e. The summed E-state index contributed by atoms with van der Waals surface area (Å²) < 4.78 is 7.66. The maximum Gasteiger partial charge on any atom is 0.0627 e. The quantitative estimate of drug-likeness (QED) is 0.164. The number of fused-ring (bicyclic) bond motifs is 20. The molecular formula is C64H47N3. The molecule has 3 heteroatoms. The zero-order chi connectivity index (χ0) is 44.8. The molecular weight excluding hydrogens is 811 g/mol. The average Bonchev–Trinajstić information content (AvgIpc) is 4.13. The molecule has 67 heavy (non-hydrogen) atoms. The van der Waals surface area contributed by atoms with Gasteiger partial charge in [0, 0.05) is 65.1 Å². The molecule has 0 aliphatic heterocycles. The Kier molecular flexibility index (Phi) is 6.97. The summed E-state index contributed by atoms with van der Waals surface area (Å²) in [6.07, 6.45) is 0. The molecule has 0 bridgehead atoms. The summed E-state index contributed by atoms with van der Waals surface area (Å²) in [5.74, 6) is 0. The molecule has 0 aliphatic rings. The number of hydrogen-bond acceptors (Lipinski definition) is 0. The zero-order valence-corrected chi connectivity index (χ0v) is 38.6. The van der Waals surface area contributed by atoms with Crippen molar-refractivity contribution in [2.75, 3.05) is 0 Å². The minimum atomic E-state index is -0.0773. The van der Waals surface area contributed by atoms with Gasteiger partial charge >= 0.3 is 0 Å². The fraction of sp³-hybridized carbons (Fsp3) is 0.125. The highest BCUT2D eigenvalue weighted by atomic mass is 15.0. The zero-order valence-electron chi connectivity index (χ0n) is 38.6. The van der Waals surface area contributed by atoms with Crippen molar-refractivity contribution in [1.82, 2.24) is 13.4 Å². The van der Waals surface area contributed by atoms with Gasteiger partial charge in [0.2, 0.25) is 0 Å². The molecule has 0 N–H and O–H groups in total. The number of aromatic nitrogens is 3. The van der Waals surface area contributed by atoms with Crippen molar-refractivity contribution < 1.29 is 0 Å². The van der Waals surface area contributed by atoms with Gasteiger partial charge in [-0.1, -0.05) is 139 Å². The highest BCUT2D eigenvalue weighted by Crippen LogP contribution is 2.52. The first-order valence-electron chi connectivity index (χ1n) is 23.9. The van der Waals surface area contributed by atoms with Gasteiger partial charge in [0.05, 0.1) is 44.1 Å². The first-order valence-corrected chi connectivity index (χ1v) is 23.9. The van der Waals surface area contributed by atoms with E-state index in [1.807, 2.05) is 0 Å². The number of nitrogens with zero attached hydrogens (tertiary/aromatic N) is 3. The lowest BCUT2D eigenvalue weighted by Crippen LogP contribution is -2.11. The Balaban J connectivity index is 1.14. The van der Waals surface area contributed by atoms with Gasteiger partial charge in [-0.05, 0) is 128 Å². The fourth-order valence-corrected chi connectivity index (χ4v) is 12.4. The van der Waals surface area contributed by atoms with E-state index in [-0.39, 0.29) is 10.8 Å². The van der Waals surface area contributed by atoms with Crippen LogP contribution in [-0.4, -0.2) is 13.4 Å². The fourth-order valence-electron chi connectivity index (χ4n) is 12.4. The predicted octanol–water partition coefficient (Wildman–Crippen LogP) is 17.7. The standard InChI is InChI=1S/C64H47N3/c1-63(2,3)39-32-45(38-25-26-52-46(30-38)44-22-14-15-23-51(44)65(52)41-18-8-7-9-19-41)60-49(34-39)57-43-21-13-11-17-37(43)31-47-58-55(67(60)62(47)57)29-28-54-59(58)50-35-40(64(4,5)6)33-48-56-42-20-12-10-16-36(42)24-27-53(56)66(54)61(48)50/h7-35H,1-6H3. The molecule has 15 rings (SSSR count). The second kappa shape index (κ2) is 12.5. The van der Waals surface area contributed by atoms with Crippen LogP contribution in [0.25, 0.3) is 136 Å². The Morgan fingerprint density at radius 1 is 0.313 bits per heavy atom. The van der Waals surface area contributed by atoms with Crippen LogP contribution in [0.5, 0.6) is 0 Å². The lowest BCUT2D eigenvalue weighted by Gasteiger charge is -2.21. The Morgan fingerprint density at radius 2 is 0.836 bits per heavy atom. The Hall–Kier alpha value is -7.88. The van der Waals surface area contributed by atoms with E-state index in [2.05, 4.69) is 231 Å². The van der Waals surface area contributed by atoms with Crippen molar-refractivity contribution in [3.8, 4) is 16.8 Å². The highest BCUT2D eigenvalue weighted by molar-refractivity contribution is 6.39. The van der Waals surface area contributed by atoms with Crippen molar-refractivity contribution in [2.24, 2.45) is 0 Å². The molecule has 0 saturated carbocycles. The van der Waals surface area contributed by atoms with Crippen LogP contribution in [0.4, 0.5) is 0 Å². The molecule has 3 nitrogen and oxygen atoms in total. The number of rotatable bonds is 2. The van der Waals surface area contributed by atoms with E-state index in [1.165, 1.54) is 147 Å². The normalized spacial score (nSPS) is 13.2. The second-order valence-electron chi connectivity index (χ2n) is 21.3. The molecule has 0 unspecified atom stereocenters. The van der Waals surface area contributed by atoms with Crippen molar-refractivity contribution in [3.63, 3.8) is 0 Å². The van der Waals surface area contributed by atoms with Crippen molar-refractivity contribution in [1.29, 1.82) is 0 Å². The Morgan fingerprint density at radius 3 is 1.57 bits per heavy atom. The van der Waals surface area contributed by atoms with Gasteiger partial charge in [-0.2, -0.15) is 0 Å². The van der Waals surface area contributed by atoms with E-state index in [0.717, 1.165) is 0 Å². The summed E-state index contributed by atoms with van der Waals surface area (Å²) in [6, 6.07) is 67.0. The molecule has 0 atom stereocenters. The first-order chi connectivity index (χ1) is 32.5. The van der Waals surface area contributed by atoms with Crippen molar-refractivity contribution in [2.45, 2.75) is 52.4 Å². The van der Waals surface area contributed by atoms with Crippen LogP contribution in [0.15, 0.2) is 176 Å². The summed E-state index contributed by atoms with van der Waals surface area (Å²) in [4.78, 5) is 0.